The summed E-state index contributed by atoms with van der Waals surface area (Å²) in [4.78, 5) is 24.1. The summed E-state index contributed by atoms with van der Waals surface area (Å²) < 4.78 is 10.0. The van der Waals surface area contributed by atoms with Crippen molar-refractivity contribution in [1.29, 1.82) is 0 Å². The van der Waals surface area contributed by atoms with E-state index in [2.05, 4.69) is 10.6 Å². The first kappa shape index (κ1) is 19.5. The molecule has 0 aliphatic carbocycles. The second kappa shape index (κ2) is 9.58. The van der Waals surface area contributed by atoms with Gasteiger partial charge in [-0.2, -0.15) is 0 Å². The van der Waals surface area contributed by atoms with Gasteiger partial charge in [0.2, 0.25) is 11.8 Å². The highest BCUT2D eigenvalue weighted by molar-refractivity contribution is 5.96. The van der Waals surface area contributed by atoms with Crippen molar-refractivity contribution in [2.24, 2.45) is 0 Å². The Morgan fingerprint density at radius 2 is 1.73 bits per heavy atom. The van der Waals surface area contributed by atoms with Gasteiger partial charge in [-0.15, -0.1) is 0 Å². The van der Waals surface area contributed by atoms with E-state index in [-0.39, 0.29) is 24.3 Å². The third-order valence-electron chi connectivity index (χ3n) is 3.89. The molecule has 0 fully saturated rings. The van der Waals surface area contributed by atoms with Gasteiger partial charge in [-0.25, -0.2) is 0 Å². The van der Waals surface area contributed by atoms with Gasteiger partial charge in [0.15, 0.2) is 0 Å². The van der Waals surface area contributed by atoms with Crippen molar-refractivity contribution < 1.29 is 19.1 Å². The summed E-state index contributed by atoms with van der Waals surface area (Å²) in [5, 5.41) is 5.56. The first-order chi connectivity index (χ1) is 12.5. The first-order valence-electron chi connectivity index (χ1n) is 8.35. The van der Waals surface area contributed by atoms with Crippen LogP contribution in [0.1, 0.15) is 24.8 Å². The molecule has 2 aromatic rings. The van der Waals surface area contributed by atoms with Gasteiger partial charge in [0.25, 0.3) is 0 Å². The van der Waals surface area contributed by atoms with Crippen molar-refractivity contribution in [3.8, 4) is 5.75 Å². The molecule has 26 heavy (non-hydrogen) atoms. The van der Waals surface area contributed by atoms with Gasteiger partial charge in [0.05, 0.1) is 12.8 Å². The number of nitrogens with one attached hydrogen (secondary N) is 2. The van der Waals surface area contributed by atoms with Crippen molar-refractivity contribution in [3.63, 3.8) is 0 Å². The molecule has 2 rings (SSSR count). The van der Waals surface area contributed by atoms with E-state index in [1.807, 2.05) is 37.3 Å². The largest absolute Gasteiger partial charge is 0.495 e. The average molecular weight is 356 g/mol. The summed E-state index contributed by atoms with van der Waals surface area (Å²) in [5.74, 6) is 0.216. The number of carbonyl (C=O) groups excluding carboxylic acids is 2. The monoisotopic (exact) mass is 356 g/mol. The number of hydrogen-bond donors (Lipinski definition) is 2. The van der Waals surface area contributed by atoms with Crippen LogP contribution in [0, 0.1) is 0 Å². The fourth-order valence-corrected chi connectivity index (χ4v) is 2.59. The van der Waals surface area contributed by atoms with Crippen molar-refractivity contribution in [2.45, 2.75) is 19.3 Å². The van der Waals surface area contributed by atoms with Crippen molar-refractivity contribution in [2.75, 3.05) is 31.5 Å². The van der Waals surface area contributed by atoms with Crippen LogP contribution in [0.15, 0.2) is 48.5 Å². The molecule has 2 aromatic carbocycles. The Bertz CT molecular complexity index is 747. The van der Waals surface area contributed by atoms with Crippen molar-refractivity contribution in [1.82, 2.24) is 0 Å². The fourth-order valence-electron chi connectivity index (χ4n) is 2.59. The third kappa shape index (κ3) is 5.60. The molecule has 2 amide bonds. The molecule has 0 saturated heterocycles. The van der Waals surface area contributed by atoms with Gasteiger partial charge in [-0.1, -0.05) is 37.3 Å². The molecule has 138 valence electrons. The lowest BCUT2D eigenvalue weighted by molar-refractivity contribution is -0.119. The zero-order valence-corrected chi connectivity index (χ0v) is 15.2. The van der Waals surface area contributed by atoms with Gasteiger partial charge < -0.3 is 20.1 Å². The number of ether oxygens (including phenoxy) is 2. The zero-order valence-electron chi connectivity index (χ0n) is 15.2. The zero-order chi connectivity index (χ0) is 18.9. The van der Waals surface area contributed by atoms with Crippen LogP contribution in [-0.4, -0.2) is 32.6 Å². The Morgan fingerprint density at radius 1 is 1.00 bits per heavy atom. The fraction of sp³-hybridized carbons (Fsp3) is 0.300. The van der Waals surface area contributed by atoms with Gasteiger partial charge in [0, 0.05) is 19.2 Å². The van der Waals surface area contributed by atoms with E-state index >= 15 is 0 Å². The van der Waals surface area contributed by atoms with Crippen LogP contribution in [0.5, 0.6) is 5.75 Å². The number of benzene rings is 2. The third-order valence-corrected chi connectivity index (χ3v) is 3.89. The minimum Gasteiger partial charge on any atom is -0.495 e. The van der Waals surface area contributed by atoms with Crippen LogP contribution >= 0.6 is 0 Å². The standard InChI is InChI=1S/C20H24N2O4/c1-14(15-7-5-4-6-8-15)11-19(23)21-16-9-10-18(26-3)17(12-16)22-20(24)13-25-2/h4-10,12,14H,11,13H2,1-3H3,(H,21,23)(H,22,24)/t14-/m1/s1. The van der Waals surface area contributed by atoms with E-state index in [9.17, 15) is 9.59 Å². The molecule has 0 unspecified atom stereocenters. The lowest BCUT2D eigenvalue weighted by atomic mass is 9.97. The van der Waals surface area contributed by atoms with Crippen LogP contribution in [0.2, 0.25) is 0 Å². The predicted molar refractivity (Wildman–Crippen MR) is 102 cm³/mol. The number of anilines is 2. The summed E-state index contributed by atoms with van der Waals surface area (Å²) in [6.45, 7) is 1.95. The number of amides is 2. The van der Waals surface area contributed by atoms with Gasteiger partial charge in [-0.05, 0) is 29.7 Å². The van der Waals surface area contributed by atoms with Crippen LogP contribution in [-0.2, 0) is 14.3 Å². The van der Waals surface area contributed by atoms with Crippen LogP contribution in [0.25, 0.3) is 0 Å². The molecule has 6 heteroatoms. The smallest absolute Gasteiger partial charge is 0.250 e. The van der Waals surface area contributed by atoms with Crippen LogP contribution in [0.4, 0.5) is 11.4 Å². The number of rotatable bonds is 8. The highest BCUT2D eigenvalue weighted by Crippen LogP contribution is 2.28. The van der Waals surface area contributed by atoms with E-state index < -0.39 is 0 Å². The van der Waals surface area contributed by atoms with Gasteiger partial charge >= 0.3 is 0 Å². The number of hydrogen-bond acceptors (Lipinski definition) is 4. The number of carbonyl (C=O) groups is 2. The average Bonchev–Trinajstić information content (AvgIpc) is 2.62. The minimum atomic E-state index is -0.299. The van der Waals surface area contributed by atoms with Gasteiger partial charge in [-0.3, -0.25) is 9.59 Å². The SMILES string of the molecule is COCC(=O)Nc1cc(NC(=O)C[C@@H](C)c2ccccc2)ccc1OC. The number of methoxy groups -OCH3 is 2. The summed E-state index contributed by atoms with van der Waals surface area (Å²) in [5.41, 5.74) is 2.18. The second-order valence-electron chi connectivity index (χ2n) is 5.96. The van der Waals surface area contributed by atoms with Crippen molar-refractivity contribution in [3.05, 3.63) is 54.1 Å². The minimum absolute atomic E-state index is 0.0612. The quantitative estimate of drug-likeness (QED) is 0.760. The summed E-state index contributed by atoms with van der Waals surface area (Å²) in [6, 6.07) is 15.0. The molecule has 0 radical (unpaired) electrons. The lowest BCUT2D eigenvalue weighted by Crippen LogP contribution is -2.18. The van der Waals surface area contributed by atoms with E-state index in [1.54, 1.807) is 18.2 Å². The molecule has 0 aromatic heterocycles. The second-order valence-corrected chi connectivity index (χ2v) is 5.96. The summed E-state index contributed by atoms with van der Waals surface area (Å²) in [7, 11) is 2.96. The molecule has 0 bridgehead atoms. The van der Waals surface area contributed by atoms with E-state index in [1.165, 1.54) is 14.2 Å². The Labute approximate surface area is 153 Å². The molecular weight excluding hydrogens is 332 g/mol. The van der Waals surface area contributed by atoms with Crippen LogP contribution in [0.3, 0.4) is 0 Å². The van der Waals surface area contributed by atoms with Crippen molar-refractivity contribution >= 4 is 23.2 Å². The summed E-state index contributed by atoms with van der Waals surface area (Å²) >= 11 is 0. The molecule has 6 nitrogen and oxygen atoms in total. The molecule has 1 atom stereocenters. The topological polar surface area (TPSA) is 76.7 Å². The highest BCUT2D eigenvalue weighted by Gasteiger charge is 2.13. The molecule has 0 aliphatic heterocycles. The van der Waals surface area contributed by atoms with Gasteiger partial charge in [0.1, 0.15) is 12.4 Å². The Balaban J connectivity index is 2.04. The Morgan fingerprint density at radius 3 is 2.38 bits per heavy atom. The van der Waals surface area contributed by atoms with E-state index in [4.69, 9.17) is 9.47 Å². The van der Waals surface area contributed by atoms with Crippen LogP contribution < -0.4 is 15.4 Å². The first-order valence-corrected chi connectivity index (χ1v) is 8.35. The Kier molecular flexibility index (Phi) is 7.17. The lowest BCUT2D eigenvalue weighted by Gasteiger charge is -2.14. The molecule has 0 saturated carbocycles. The molecule has 0 aliphatic rings. The normalized spacial score (nSPS) is 11.5. The van der Waals surface area contributed by atoms with E-state index in [0.717, 1.165) is 5.56 Å². The molecular formula is C20H24N2O4. The maximum Gasteiger partial charge on any atom is 0.250 e. The maximum absolute atomic E-state index is 12.3. The maximum atomic E-state index is 12.3. The Hall–Kier alpha value is -2.86. The molecule has 0 heterocycles. The molecule has 2 N–H and O–H groups in total. The molecule has 0 spiro atoms. The highest BCUT2D eigenvalue weighted by atomic mass is 16.5. The predicted octanol–water partition coefficient (Wildman–Crippen LogP) is 3.41. The van der Waals surface area contributed by atoms with E-state index in [0.29, 0.717) is 23.5 Å². The summed E-state index contributed by atoms with van der Waals surface area (Å²) in [6.07, 6.45) is 0.363.